The van der Waals surface area contributed by atoms with Crippen LogP contribution in [0, 0.1) is 11.8 Å². The highest BCUT2D eigenvalue weighted by Crippen LogP contribution is 2.37. The van der Waals surface area contributed by atoms with Gasteiger partial charge in [-0.25, -0.2) is 0 Å². The first-order chi connectivity index (χ1) is 12.2. The number of likely N-dealkylation sites (tertiary alicyclic amines) is 1. The summed E-state index contributed by atoms with van der Waals surface area (Å²) in [5, 5.41) is 2.74. The molecule has 7 heteroatoms. The van der Waals surface area contributed by atoms with E-state index < -0.39 is 0 Å². The molecule has 1 aliphatic carbocycles. The zero-order chi connectivity index (χ0) is 17.6. The summed E-state index contributed by atoms with van der Waals surface area (Å²) in [5.74, 6) is -0.297. The molecule has 3 amide bonds. The summed E-state index contributed by atoms with van der Waals surface area (Å²) in [7, 11) is 0. The van der Waals surface area contributed by atoms with Crippen LogP contribution in [0.4, 0.5) is 0 Å². The molecule has 1 saturated carbocycles. The molecule has 136 valence electrons. The van der Waals surface area contributed by atoms with Crippen molar-refractivity contribution < 1.29 is 23.5 Å². The van der Waals surface area contributed by atoms with Crippen molar-refractivity contribution in [1.82, 2.24) is 10.2 Å². The molecule has 7 nitrogen and oxygen atoms in total. The Balaban J connectivity index is 1.33. The van der Waals surface area contributed by atoms with E-state index >= 15 is 0 Å². The van der Waals surface area contributed by atoms with Crippen LogP contribution in [0.15, 0.2) is 22.8 Å². The average Bonchev–Trinajstić information content (AvgIpc) is 3.22. The standard InChI is InChI=1S/C18H24N2O5/c21-16(19-8-4-9-24-12-13-5-3-10-25-13)11-20-17(22)14-6-1-2-7-15(14)18(20)23/h3,5,10,14-15H,1-2,4,6-9,11-12H2,(H,19,21)/t14-,15-/m0/s1. The molecule has 3 rings (SSSR count). The number of carbonyl (C=O) groups is 3. The summed E-state index contributed by atoms with van der Waals surface area (Å²) in [5.41, 5.74) is 0. The number of rotatable bonds is 8. The summed E-state index contributed by atoms with van der Waals surface area (Å²) in [6, 6.07) is 3.64. The van der Waals surface area contributed by atoms with Crippen molar-refractivity contribution in [3.63, 3.8) is 0 Å². The molecule has 0 spiro atoms. The third-order valence-electron chi connectivity index (χ3n) is 4.85. The predicted octanol–water partition coefficient (Wildman–Crippen LogP) is 1.48. The van der Waals surface area contributed by atoms with Crippen LogP contribution in [-0.2, 0) is 25.7 Å². The lowest BCUT2D eigenvalue weighted by Crippen LogP contribution is -2.41. The van der Waals surface area contributed by atoms with Crippen LogP contribution in [0.2, 0.25) is 0 Å². The van der Waals surface area contributed by atoms with Gasteiger partial charge in [0.05, 0.1) is 18.1 Å². The molecule has 0 bridgehead atoms. The van der Waals surface area contributed by atoms with Crippen LogP contribution in [0.1, 0.15) is 37.9 Å². The topological polar surface area (TPSA) is 88.9 Å². The number of hydrogen-bond acceptors (Lipinski definition) is 5. The highest BCUT2D eigenvalue weighted by atomic mass is 16.5. The summed E-state index contributed by atoms with van der Waals surface area (Å²) >= 11 is 0. The zero-order valence-corrected chi connectivity index (χ0v) is 14.2. The van der Waals surface area contributed by atoms with E-state index in [1.165, 1.54) is 0 Å². The van der Waals surface area contributed by atoms with Crippen LogP contribution in [0.25, 0.3) is 0 Å². The number of imide groups is 1. The second-order valence-electron chi connectivity index (χ2n) is 6.60. The molecule has 1 N–H and O–H groups in total. The number of amides is 3. The number of fused-ring (bicyclic) bond motifs is 1. The maximum Gasteiger partial charge on any atom is 0.240 e. The van der Waals surface area contributed by atoms with Crippen molar-refractivity contribution >= 4 is 17.7 Å². The van der Waals surface area contributed by atoms with Gasteiger partial charge in [0.1, 0.15) is 18.9 Å². The van der Waals surface area contributed by atoms with Gasteiger partial charge in [-0.2, -0.15) is 0 Å². The van der Waals surface area contributed by atoms with Crippen LogP contribution < -0.4 is 5.32 Å². The lowest BCUT2D eigenvalue weighted by molar-refractivity contribution is -0.143. The van der Waals surface area contributed by atoms with Gasteiger partial charge < -0.3 is 14.5 Å². The molecule has 0 radical (unpaired) electrons. The van der Waals surface area contributed by atoms with Gasteiger partial charge in [0.2, 0.25) is 17.7 Å². The molecule has 2 heterocycles. The third kappa shape index (κ3) is 4.28. The second kappa shape index (κ2) is 8.29. The highest BCUT2D eigenvalue weighted by molar-refractivity contribution is 6.07. The first-order valence-corrected chi connectivity index (χ1v) is 8.89. The van der Waals surface area contributed by atoms with Crippen LogP contribution >= 0.6 is 0 Å². The molecule has 2 fully saturated rings. The fourth-order valence-electron chi connectivity index (χ4n) is 3.56. The van der Waals surface area contributed by atoms with E-state index in [0.29, 0.717) is 26.2 Å². The number of nitrogens with zero attached hydrogens (tertiary/aromatic N) is 1. The molecule has 0 aromatic carbocycles. The average molecular weight is 348 g/mol. The lowest BCUT2D eigenvalue weighted by atomic mass is 9.81. The Hall–Kier alpha value is -2.15. The van der Waals surface area contributed by atoms with Crippen molar-refractivity contribution in [3.8, 4) is 0 Å². The summed E-state index contributed by atoms with van der Waals surface area (Å²) < 4.78 is 10.6. The third-order valence-corrected chi connectivity index (χ3v) is 4.85. The van der Waals surface area contributed by atoms with Crippen LogP contribution in [0.5, 0.6) is 0 Å². The Bertz CT molecular complexity index is 589. The van der Waals surface area contributed by atoms with Gasteiger partial charge in [0, 0.05) is 13.2 Å². The first kappa shape index (κ1) is 17.7. The molecule has 2 aliphatic rings. The molecule has 25 heavy (non-hydrogen) atoms. The van der Waals surface area contributed by atoms with E-state index in [2.05, 4.69) is 5.32 Å². The minimum Gasteiger partial charge on any atom is -0.467 e. The Morgan fingerprint density at radius 1 is 1.24 bits per heavy atom. The fraction of sp³-hybridized carbons (Fsp3) is 0.611. The number of furan rings is 1. The molecule has 1 aromatic heterocycles. The van der Waals surface area contributed by atoms with Crippen molar-refractivity contribution in [2.45, 2.75) is 38.7 Å². The summed E-state index contributed by atoms with van der Waals surface area (Å²) in [4.78, 5) is 37.8. The molecule has 0 unspecified atom stereocenters. The smallest absolute Gasteiger partial charge is 0.240 e. The monoisotopic (exact) mass is 348 g/mol. The molecule has 1 saturated heterocycles. The number of nitrogens with one attached hydrogen (secondary N) is 1. The molecular weight excluding hydrogens is 324 g/mol. The van der Waals surface area contributed by atoms with E-state index in [0.717, 1.165) is 36.3 Å². The lowest BCUT2D eigenvalue weighted by Gasteiger charge is -2.19. The SMILES string of the molecule is O=C(CN1C(=O)[C@H]2CCCC[C@@H]2C1=O)NCCCOCc1ccco1. The van der Waals surface area contributed by atoms with Gasteiger partial charge in [-0.3, -0.25) is 19.3 Å². The molecule has 1 aromatic rings. The quantitative estimate of drug-likeness (QED) is 0.568. The minimum atomic E-state index is -0.300. The Labute approximate surface area is 146 Å². The largest absolute Gasteiger partial charge is 0.467 e. The second-order valence-corrected chi connectivity index (χ2v) is 6.60. The summed E-state index contributed by atoms with van der Waals surface area (Å²) in [6.45, 7) is 1.17. The van der Waals surface area contributed by atoms with Crippen molar-refractivity contribution in [1.29, 1.82) is 0 Å². The maximum atomic E-state index is 12.3. The Morgan fingerprint density at radius 2 is 1.96 bits per heavy atom. The van der Waals surface area contributed by atoms with E-state index in [-0.39, 0.29) is 36.1 Å². The number of ether oxygens (including phenoxy) is 1. The van der Waals surface area contributed by atoms with Gasteiger partial charge in [0.25, 0.3) is 0 Å². The van der Waals surface area contributed by atoms with Gasteiger partial charge in [-0.05, 0) is 31.4 Å². The van der Waals surface area contributed by atoms with Gasteiger partial charge in [-0.15, -0.1) is 0 Å². The van der Waals surface area contributed by atoms with Crippen molar-refractivity contribution in [2.24, 2.45) is 11.8 Å². The van der Waals surface area contributed by atoms with Crippen LogP contribution in [-0.4, -0.2) is 42.3 Å². The maximum absolute atomic E-state index is 12.3. The number of hydrogen-bond donors (Lipinski definition) is 1. The van der Waals surface area contributed by atoms with E-state index in [1.807, 2.05) is 6.07 Å². The Morgan fingerprint density at radius 3 is 2.60 bits per heavy atom. The van der Waals surface area contributed by atoms with Crippen molar-refractivity contribution in [3.05, 3.63) is 24.2 Å². The predicted molar refractivity (Wildman–Crippen MR) is 88.2 cm³/mol. The normalized spacial score (nSPS) is 23.0. The van der Waals surface area contributed by atoms with E-state index in [4.69, 9.17) is 9.15 Å². The molecular formula is C18H24N2O5. The fourth-order valence-corrected chi connectivity index (χ4v) is 3.56. The van der Waals surface area contributed by atoms with Crippen LogP contribution in [0.3, 0.4) is 0 Å². The molecule has 1 aliphatic heterocycles. The minimum absolute atomic E-state index is 0.169. The Kier molecular flexibility index (Phi) is 5.86. The van der Waals surface area contributed by atoms with Gasteiger partial charge in [0.15, 0.2) is 0 Å². The number of carbonyl (C=O) groups excluding carboxylic acids is 3. The van der Waals surface area contributed by atoms with E-state index in [1.54, 1.807) is 12.3 Å². The van der Waals surface area contributed by atoms with E-state index in [9.17, 15) is 14.4 Å². The zero-order valence-electron chi connectivity index (χ0n) is 14.2. The highest BCUT2D eigenvalue weighted by Gasteiger charge is 2.48. The van der Waals surface area contributed by atoms with Gasteiger partial charge >= 0.3 is 0 Å². The molecule has 2 atom stereocenters. The van der Waals surface area contributed by atoms with Gasteiger partial charge in [-0.1, -0.05) is 12.8 Å². The van der Waals surface area contributed by atoms with Crippen molar-refractivity contribution in [2.75, 3.05) is 19.7 Å². The first-order valence-electron chi connectivity index (χ1n) is 8.89. The summed E-state index contributed by atoms with van der Waals surface area (Å²) in [6.07, 6.45) is 5.74.